The molecular weight excluding hydrogens is 467 g/mol. The SMILES string of the molecule is BNc1ccc2c(c1)Oc1cc(NC(=O)OCCCCCCCC)ccc1C21OC(=O)c2ccccc21. The molecule has 8 heteroatoms. The van der Waals surface area contributed by atoms with Crippen LogP contribution in [-0.2, 0) is 15.1 Å². The summed E-state index contributed by atoms with van der Waals surface area (Å²) in [4.78, 5) is 25.3. The average Bonchev–Trinajstić information content (AvgIpc) is 3.20. The minimum Gasteiger partial charge on any atom is -0.456 e. The Morgan fingerprint density at radius 1 is 0.892 bits per heavy atom. The van der Waals surface area contributed by atoms with Crippen LogP contribution in [0.25, 0.3) is 0 Å². The van der Waals surface area contributed by atoms with Crippen LogP contribution in [0.1, 0.15) is 72.5 Å². The van der Waals surface area contributed by atoms with Gasteiger partial charge in [-0.15, -0.1) is 0 Å². The number of benzene rings is 3. The standard InChI is InChI=1S/C29H31BN2O5/c1-2-3-4-5-6-9-16-35-28(34)31-19-12-14-23-25(17-19)36-26-18-20(32-30)13-15-24(26)29(23)22-11-8-7-10-21(22)27(33)37-29/h7-8,10-15,17-18,32H,2-6,9,16,30H2,1H3,(H,31,34). The summed E-state index contributed by atoms with van der Waals surface area (Å²) >= 11 is 0. The zero-order chi connectivity index (χ0) is 25.8. The monoisotopic (exact) mass is 498 g/mol. The van der Waals surface area contributed by atoms with Crippen molar-refractivity contribution in [3.8, 4) is 11.5 Å². The summed E-state index contributed by atoms with van der Waals surface area (Å²) in [5, 5.41) is 5.92. The molecule has 2 aliphatic heterocycles. The number of carbonyl (C=O) groups is 2. The van der Waals surface area contributed by atoms with Gasteiger partial charge in [-0.1, -0.05) is 57.2 Å². The van der Waals surface area contributed by atoms with Gasteiger partial charge >= 0.3 is 12.1 Å². The molecule has 0 bridgehead atoms. The molecule has 0 radical (unpaired) electrons. The van der Waals surface area contributed by atoms with Crippen molar-refractivity contribution in [3.05, 3.63) is 82.9 Å². The van der Waals surface area contributed by atoms with Gasteiger partial charge in [0.1, 0.15) is 11.5 Å². The van der Waals surface area contributed by atoms with Gasteiger partial charge in [-0.05, 0) is 36.8 Å². The highest BCUT2D eigenvalue weighted by molar-refractivity contribution is 6.16. The molecule has 3 aromatic carbocycles. The van der Waals surface area contributed by atoms with Crippen molar-refractivity contribution in [1.29, 1.82) is 0 Å². The molecule has 0 aliphatic carbocycles. The van der Waals surface area contributed by atoms with E-state index in [-0.39, 0.29) is 5.97 Å². The predicted molar refractivity (Wildman–Crippen MR) is 145 cm³/mol. The fourth-order valence-corrected chi connectivity index (χ4v) is 5.11. The number of hydrogen-bond donors (Lipinski definition) is 2. The van der Waals surface area contributed by atoms with Crippen LogP contribution in [0.5, 0.6) is 11.5 Å². The third-order valence-corrected chi connectivity index (χ3v) is 6.98. The van der Waals surface area contributed by atoms with E-state index in [0.717, 1.165) is 36.1 Å². The number of anilines is 2. The lowest BCUT2D eigenvalue weighted by atomic mass is 9.77. The zero-order valence-electron chi connectivity index (χ0n) is 21.3. The smallest absolute Gasteiger partial charge is 0.411 e. The summed E-state index contributed by atoms with van der Waals surface area (Å²) in [6, 6.07) is 18.5. The number of esters is 1. The van der Waals surface area contributed by atoms with Crippen LogP contribution in [0.15, 0.2) is 60.7 Å². The van der Waals surface area contributed by atoms with Crippen LogP contribution < -0.4 is 15.3 Å². The third-order valence-electron chi connectivity index (χ3n) is 6.98. The summed E-state index contributed by atoms with van der Waals surface area (Å²) in [6.45, 7) is 2.58. The summed E-state index contributed by atoms with van der Waals surface area (Å²) in [7, 11) is 1.83. The zero-order valence-corrected chi connectivity index (χ0v) is 21.3. The van der Waals surface area contributed by atoms with Gasteiger partial charge in [0, 0.05) is 40.2 Å². The van der Waals surface area contributed by atoms with Crippen molar-refractivity contribution in [2.75, 3.05) is 17.2 Å². The van der Waals surface area contributed by atoms with Crippen LogP contribution in [0.3, 0.4) is 0 Å². The Morgan fingerprint density at radius 2 is 1.57 bits per heavy atom. The van der Waals surface area contributed by atoms with E-state index in [9.17, 15) is 9.59 Å². The first-order valence-corrected chi connectivity index (χ1v) is 13.0. The minimum atomic E-state index is -1.14. The highest BCUT2D eigenvalue weighted by Crippen LogP contribution is 2.56. The molecule has 2 aliphatic rings. The van der Waals surface area contributed by atoms with Crippen LogP contribution in [0, 0.1) is 0 Å². The molecular formula is C29H31BN2O5. The van der Waals surface area contributed by atoms with E-state index in [0.29, 0.717) is 34.9 Å². The van der Waals surface area contributed by atoms with E-state index < -0.39 is 11.7 Å². The molecule has 1 spiro atoms. The predicted octanol–water partition coefficient (Wildman–Crippen LogP) is 6.12. The minimum absolute atomic E-state index is 0.382. The number of fused-ring (bicyclic) bond motifs is 6. The van der Waals surface area contributed by atoms with Crippen LogP contribution in [-0.4, -0.2) is 26.7 Å². The first-order chi connectivity index (χ1) is 18.1. The van der Waals surface area contributed by atoms with Gasteiger partial charge in [-0.25, -0.2) is 9.59 Å². The normalized spacial score (nSPS) is 16.7. The van der Waals surface area contributed by atoms with Crippen LogP contribution in [0.4, 0.5) is 16.2 Å². The molecule has 1 atom stereocenters. The van der Waals surface area contributed by atoms with Gasteiger partial charge in [-0.3, -0.25) is 5.32 Å². The van der Waals surface area contributed by atoms with Gasteiger partial charge in [0.15, 0.2) is 5.60 Å². The maximum atomic E-state index is 12.9. The lowest BCUT2D eigenvalue weighted by Gasteiger charge is -2.36. The van der Waals surface area contributed by atoms with Gasteiger partial charge in [-0.2, -0.15) is 0 Å². The molecule has 0 saturated carbocycles. The molecule has 7 nitrogen and oxygen atoms in total. The largest absolute Gasteiger partial charge is 0.456 e. The Balaban J connectivity index is 1.40. The second kappa shape index (κ2) is 10.6. The number of rotatable bonds is 9. The van der Waals surface area contributed by atoms with E-state index in [2.05, 4.69) is 17.5 Å². The number of carbonyl (C=O) groups excluding carboxylic acids is 2. The molecule has 5 rings (SSSR count). The van der Waals surface area contributed by atoms with Crippen molar-refractivity contribution in [1.82, 2.24) is 0 Å². The molecule has 1 unspecified atom stereocenters. The Hall–Kier alpha value is -3.94. The Kier molecular flexibility index (Phi) is 7.08. The van der Waals surface area contributed by atoms with E-state index in [4.69, 9.17) is 14.2 Å². The summed E-state index contributed by atoms with van der Waals surface area (Å²) in [5.41, 5.74) is 2.99. The first-order valence-electron chi connectivity index (χ1n) is 13.0. The van der Waals surface area contributed by atoms with Crippen molar-refractivity contribution in [2.45, 2.75) is 51.0 Å². The summed E-state index contributed by atoms with van der Waals surface area (Å²) in [5.74, 6) is 0.693. The maximum Gasteiger partial charge on any atom is 0.411 e. The lowest BCUT2D eigenvalue weighted by Crippen LogP contribution is -2.33. The van der Waals surface area contributed by atoms with Gasteiger partial charge in [0.05, 0.1) is 12.2 Å². The molecule has 2 N–H and O–H groups in total. The molecule has 37 heavy (non-hydrogen) atoms. The van der Waals surface area contributed by atoms with E-state index in [1.807, 2.05) is 50.4 Å². The quantitative estimate of drug-likeness (QED) is 0.210. The first kappa shape index (κ1) is 24.7. The van der Waals surface area contributed by atoms with Gasteiger partial charge in [0.2, 0.25) is 7.98 Å². The maximum absolute atomic E-state index is 12.9. The Morgan fingerprint density at radius 3 is 2.32 bits per heavy atom. The molecule has 2 heterocycles. The second-order valence-electron chi connectivity index (χ2n) is 9.42. The van der Waals surface area contributed by atoms with Crippen molar-refractivity contribution >= 4 is 31.4 Å². The van der Waals surface area contributed by atoms with Crippen molar-refractivity contribution in [2.24, 2.45) is 0 Å². The molecule has 0 fully saturated rings. The number of amides is 1. The highest BCUT2D eigenvalue weighted by atomic mass is 16.6. The summed E-state index contributed by atoms with van der Waals surface area (Å²) < 4.78 is 17.8. The number of nitrogens with one attached hydrogen (secondary N) is 2. The average molecular weight is 498 g/mol. The Labute approximate surface area is 217 Å². The number of unbranched alkanes of at least 4 members (excludes halogenated alkanes) is 5. The van der Waals surface area contributed by atoms with Crippen molar-refractivity contribution in [3.63, 3.8) is 0 Å². The van der Waals surface area contributed by atoms with Gasteiger partial charge in [0.25, 0.3) is 0 Å². The van der Waals surface area contributed by atoms with Crippen LogP contribution >= 0.6 is 0 Å². The fourth-order valence-electron chi connectivity index (χ4n) is 5.11. The topological polar surface area (TPSA) is 85.9 Å². The number of ether oxygens (including phenoxy) is 3. The molecule has 3 aromatic rings. The lowest BCUT2D eigenvalue weighted by molar-refractivity contribution is 0.0224. The summed E-state index contributed by atoms with van der Waals surface area (Å²) in [6.07, 6.45) is 6.23. The second-order valence-corrected chi connectivity index (χ2v) is 9.42. The van der Waals surface area contributed by atoms with Crippen LogP contribution in [0.2, 0.25) is 0 Å². The molecule has 190 valence electrons. The van der Waals surface area contributed by atoms with E-state index >= 15 is 0 Å². The molecule has 1 amide bonds. The molecule has 0 aromatic heterocycles. The van der Waals surface area contributed by atoms with E-state index in [1.54, 1.807) is 18.2 Å². The molecule has 0 saturated heterocycles. The fraction of sp³-hybridized carbons (Fsp3) is 0.310. The van der Waals surface area contributed by atoms with Gasteiger partial charge < -0.3 is 19.4 Å². The number of hydrogen-bond acceptors (Lipinski definition) is 6. The van der Waals surface area contributed by atoms with Crippen molar-refractivity contribution < 1.29 is 23.8 Å². The van der Waals surface area contributed by atoms with E-state index in [1.165, 1.54) is 19.3 Å². The highest BCUT2D eigenvalue weighted by Gasteiger charge is 2.53. The third kappa shape index (κ3) is 4.64. The Bertz CT molecular complexity index is 1330.